The standard InChI is InChI=1S/C20H27N3O/c1-16-15-17(2)23(21-16)19-10-7-18(8-11-19)9-12-20(24)22-13-5-3-4-6-14-22/h7-8,10-11,15H,3-6,9,12-14H2,1-2H3. The maximum absolute atomic E-state index is 12.4. The molecule has 0 saturated carbocycles. The molecule has 128 valence electrons. The Kier molecular flexibility index (Phi) is 5.34. The zero-order valence-corrected chi connectivity index (χ0v) is 14.8. The number of aryl methyl sites for hydroxylation is 3. The number of benzene rings is 1. The fraction of sp³-hybridized carbons (Fsp3) is 0.500. The van der Waals surface area contributed by atoms with Crippen LogP contribution in [0.5, 0.6) is 0 Å². The summed E-state index contributed by atoms with van der Waals surface area (Å²) in [6.07, 6.45) is 6.26. The molecule has 1 fully saturated rings. The second-order valence-corrected chi connectivity index (χ2v) is 6.80. The first-order valence-electron chi connectivity index (χ1n) is 9.04. The van der Waals surface area contributed by atoms with Crippen molar-refractivity contribution in [3.63, 3.8) is 0 Å². The highest BCUT2D eigenvalue weighted by atomic mass is 16.2. The Labute approximate surface area is 144 Å². The van der Waals surface area contributed by atoms with E-state index in [1.165, 1.54) is 18.4 Å². The molecular weight excluding hydrogens is 298 g/mol. The van der Waals surface area contributed by atoms with Gasteiger partial charge >= 0.3 is 0 Å². The van der Waals surface area contributed by atoms with E-state index in [0.717, 1.165) is 49.4 Å². The molecule has 1 aromatic carbocycles. The van der Waals surface area contributed by atoms with Gasteiger partial charge in [0.05, 0.1) is 11.4 Å². The summed E-state index contributed by atoms with van der Waals surface area (Å²) in [5, 5.41) is 4.51. The summed E-state index contributed by atoms with van der Waals surface area (Å²) in [6.45, 7) is 5.95. The number of likely N-dealkylation sites (tertiary alicyclic amines) is 1. The first-order chi connectivity index (χ1) is 11.6. The van der Waals surface area contributed by atoms with Crippen LogP contribution in [0.2, 0.25) is 0 Å². The number of amides is 1. The van der Waals surface area contributed by atoms with Crippen LogP contribution in [0.25, 0.3) is 5.69 Å². The second-order valence-electron chi connectivity index (χ2n) is 6.80. The molecule has 4 nitrogen and oxygen atoms in total. The zero-order chi connectivity index (χ0) is 16.9. The monoisotopic (exact) mass is 325 g/mol. The summed E-state index contributed by atoms with van der Waals surface area (Å²) >= 11 is 0. The van der Waals surface area contributed by atoms with Crippen LogP contribution < -0.4 is 0 Å². The number of nitrogens with zero attached hydrogens (tertiary/aromatic N) is 3. The highest BCUT2D eigenvalue weighted by Gasteiger charge is 2.15. The quantitative estimate of drug-likeness (QED) is 0.857. The number of hydrogen-bond donors (Lipinski definition) is 0. The van der Waals surface area contributed by atoms with E-state index in [2.05, 4.69) is 47.3 Å². The Morgan fingerprint density at radius 3 is 2.29 bits per heavy atom. The molecule has 1 saturated heterocycles. The maximum Gasteiger partial charge on any atom is 0.222 e. The summed E-state index contributed by atoms with van der Waals surface area (Å²) in [4.78, 5) is 14.4. The van der Waals surface area contributed by atoms with Crippen molar-refractivity contribution in [2.24, 2.45) is 0 Å². The molecule has 2 aromatic rings. The molecule has 4 heteroatoms. The van der Waals surface area contributed by atoms with E-state index in [1.54, 1.807) is 0 Å². The number of aromatic nitrogens is 2. The van der Waals surface area contributed by atoms with Crippen molar-refractivity contribution in [1.82, 2.24) is 14.7 Å². The lowest BCUT2D eigenvalue weighted by Crippen LogP contribution is -2.31. The molecule has 1 aromatic heterocycles. The molecule has 1 aliphatic rings. The molecular formula is C20H27N3O. The van der Waals surface area contributed by atoms with Gasteiger partial charge in [0.25, 0.3) is 0 Å². The molecule has 0 N–H and O–H groups in total. The lowest BCUT2D eigenvalue weighted by Gasteiger charge is -2.20. The molecule has 2 heterocycles. The summed E-state index contributed by atoms with van der Waals surface area (Å²) in [6, 6.07) is 10.5. The minimum absolute atomic E-state index is 0.305. The summed E-state index contributed by atoms with van der Waals surface area (Å²) < 4.78 is 1.96. The van der Waals surface area contributed by atoms with Crippen LogP contribution >= 0.6 is 0 Å². The van der Waals surface area contributed by atoms with Gasteiger partial charge in [-0.15, -0.1) is 0 Å². The van der Waals surface area contributed by atoms with Crippen LogP contribution in [0.3, 0.4) is 0 Å². The second kappa shape index (κ2) is 7.65. The van der Waals surface area contributed by atoms with Crippen LogP contribution in [0.1, 0.15) is 49.1 Å². The minimum Gasteiger partial charge on any atom is -0.343 e. The lowest BCUT2D eigenvalue weighted by molar-refractivity contribution is -0.131. The van der Waals surface area contributed by atoms with Crippen molar-refractivity contribution in [1.29, 1.82) is 0 Å². The third-order valence-electron chi connectivity index (χ3n) is 4.78. The third-order valence-corrected chi connectivity index (χ3v) is 4.78. The molecule has 0 spiro atoms. The van der Waals surface area contributed by atoms with Crippen molar-refractivity contribution >= 4 is 5.91 Å². The smallest absolute Gasteiger partial charge is 0.222 e. The van der Waals surface area contributed by atoms with E-state index in [0.29, 0.717) is 12.3 Å². The SMILES string of the molecule is Cc1cc(C)n(-c2ccc(CCC(=O)N3CCCCCC3)cc2)n1. The summed E-state index contributed by atoms with van der Waals surface area (Å²) in [7, 11) is 0. The number of carbonyl (C=O) groups is 1. The van der Waals surface area contributed by atoms with Gasteiger partial charge in [-0.25, -0.2) is 4.68 Å². The molecule has 0 atom stereocenters. The Hall–Kier alpha value is -2.10. The minimum atomic E-state index is 0.305. The number of hydrogen-bond acceptors (Lipinski definition) is 2. The molecule has 3 rings (SSSR count). The Morgan fingerprint density at radius 2 is 1.71 bits per heavy atom. The van der Waals surface area contributed by atoms with Gasteiger partial charge in [-0.1, -0.05) is 25.0 Å². The zero-order valence-electron chi connectivity index (χ0n) is 14.8. The highest BCUT2D eigenvalue weighted by Crippen LogP contribution is 2.15. The van der Waals surface area contributed by atoms with E-state index in [1.807, 2.05) is 11.6 Å². The number of carbonyl (C=O) groups excluding carboxylic acids is 1. The van der Waals surface area contributed by atoms with Crippen LogP contribution in [-0.4, -0.2) is 33.7 Å². The molecule has 24 heavy (non-hydrogen) atoms. The molecule has 0 unspecified atom stereocenters. The van der Waals surface area contributed by atoms with Gasteiger partial charge < -0.3 is 4.90 Å². The third kappa shape index (κ3) is 4.05. The predicted molar refractivity (Wildman–Crippen MR) is 96.4 cm³/mol. The van der Waals surface area contributed by atoms with E-state index in [-0.39, 0.29) is 0 Å². The average Bonchev–Trinajstić information content (AvgIpc) is 2.80. The lowest BCUT2D eigenvalue weighted by atomic mass is 10.1. The first-order valence-corrected chi connectivity index (χ1v) is 9.04. The largest absolute Gasteiger partial charge is 0.343 e. The predicted octanol–water partition coefficient (Wildman–Crippen LogP) is 3.82. The van der Waals surface area contributed by atoms with Crippen molar-refractivity contribution in [3.8, 4) is 5.69 Å². The van der Waals surface area contributed by atoms with Crippen LogP contribution in [0.15, 0.2) is 30.3 Å². The fourth-order valence-corrected chi connectivity index (χ4v) is 3.42. The van der Waals surface area contributed by atoms with Crippen LogP contribution in [0.4, 0.5) is 0 Å². The molecule has 0 bridgehead atoms. The van der Waals surface area contributed by atoms with Gasteiger partial charge in [0, 0.05) is 25.2 Å². The summed E-state index contributed by atoms with van der Waals surface area (Å²) in [5.74, 6) is 0.305. The fourth-order valence-electron chi connectivity index (χ4n) is 3.42. The van der Waals surface area contributed by atoms with Crippen molar-refractivity contribution < 1.29 is 4.79 Å². The first kappa shape index (κ1) is 16.7. The average molecular weight is 325 g/mol. The van der Waals surface area contributed by atoms with Gasteiger partial charge in [-0.2, -0.15) is 5.10 Å². The highest BCUT2D eigenvalue weighted by molar-refractivity contribution is 5.76. The molecule has 0 aliphatic carbocycles. The van der Waals surface area contributed by atoms with Gasteiger partial charge in [0.1, 0.15) is 0 Å². The van der Waals surface area contributed by atoms with Crippen molar-refractivity contribution in [2.75, 3.05) is 13.1 Å². The Bertz CT molecular complexity index is 679. The Balaban J connectivity index is 1.58. The van der Waals surface area contributed by atoms with E-state index in [4.69, 9.17) is 0 Å². The van der Waals surface area contributed by atoms with E-state index < -0.39 is 0 Å². The van der Waals surface area contributed by atoms with Crippen LogP contribution in [0, 0.1) is 13.8 Å². The van der Waals surface area contributed by atoms with E-state index in [9.17, 15) is 4.79 Å². The van der Waals surface area contributed by atoms with Crippen molar-refractivity contribution in [2.45, 2.75) is 52.4 Å². The van der Waals surface area contributed by atoms with Gasteiger partial charge in [-0.05, 0) is 56.9 Å². The summed E-state index contributed by atoms with van der Waals surface area (Å²) in [5.41, 5.74) is 4.45. The molecule has 1 amide bonds. The van der Waals surface area contributed by atoms with Gasteiger partial charge in [-0.3, -0.25) is 4.79 Å². The Morgan fingerprint density at radius 1 is 1.04 bits per heavy atom. The normalized spacial score (nSPS) is 15.3. The maximum atomic E-state index is 12.4. The molecule has 0 radical (unpaired) electrons. The van der Waals surface area contributed by atoms with Gasteiger partial charge in [0.15, 0.2) is 0 Å². The van der Waals surface area contributed by atoms with Gasteiger partial charge in [0.2, 0.25) is 5.91 Å². The van der Waals surface area contributed by atoms with Crippen molar-refractivity contribution in [3.05, 3.63) is 47.3 Å². The topological polar surface area (TPSA) is 38.1 Å². The number of rotatable bonds is 4. The molecule has 1 aliphatic heterocycles. The van der Waals surface area contributed by atoms with Crippen LogP contribution in [-0.2, 0) is 11.2 Å². The van der Waals surface area contributed by atoms with E-state index >= 15 is 0 Å².